The summed E-state index contributed by atoms with van der Waals surface area (Å²) < 4.78 is 5.28. The number of halogens is 1. The molecule has 0 radical (unpaired) electrons. The normalized spacial score (nSPS) is 10.3. The molecule has 22 heavy (non-hydrogen) atoms. The number of hydrazine groups is 1. The van der Waals surface area contributed by atoms with E-state index in [1.807, 2.05) is 19.3 Å². The van der Waals surface area contributed by atoms with Crippen LogP contribution in [0.15, 0.2) is 24.3 Å². The lowest BCUT2D eigenvalue weighted by Gasteiger charge is -2.10. The molecule has 2 amide bonds. The summed E-state index contributed by atoms with van der Waals surface area (Å²) in [6.45, 7) is 3.32. The summed E-state index contributed by atoms with van der Waals surface area (Å²) in [5.74, 6) is -2.15. The fourth-order valence-electron chi connectivity index (χ4n) is 1.49. The standard InChI is InChI=1S/C14H15ClN2O5/c1-8-5-10(6-9(2)14(8)15)22-7-12(19)17-16-11(18)3-4-13(20)21/h3-6H,7H2,1-2H3,(H,16,18)(H,17,19)(H,20,21)/b4-3+. The Bertz CT molecular complexity index is 605. The number of benzene rings is 1. The van der Waals surface area contributed by atoms with E-state index in [9.17, 15) is 14.4 Å². The van der Waals surface area contributed by atoms with Gasteiger partial charge in [0.2, 0.25) is 0 Å². The van der Waals surface area contributed by atoms with Crippen LogP contribution in [0.5, 0.6) is 5.75 Å². The Labute approximate surface area is 131 Å². The van der Waals surface area contributed by atoms with Crippen LogP contribution in [0.3, 0.4) is 0 Å². The Morgan fingerprint density at radius 1 is 1.18 bits per heavy atom. The maximum absolute atomic E-state index is 11.5. The van der Waals surface area contributed by atoms with Gasteiger partial charge in [0.25, 0.3) is 11.8 Å². The highest BCUT2D eigenvalue weighted by molar-refractivity contribution is 6.32. The number of aryl methyl sites for hydroxylation is 2. The van der Waals surface area contributed by atoms with E-state index in [1.165, 1.54) is 0 Å². The molecule has 118 valence electrons. The van der Waals surface area contributed by atoms with Crippen molar-refractivity contribution in [1.29, 1.82) is 0 Å². The summed E-state index contributed by atoms with van der Waals surface area (Å²) >= 11 is 6.02. The summed E-state index contributed by atoms with van der Waals surface area (Å²) in [5, 5.41) is 8.96. The minimum Gasteiger partial charge on any atom is -0.484 e. The first-order valence-electron chi connectivity index (χ1n) is 6.19. The van der Waals surface area contributed by atoms with Crippen molar-refractivity contribution in [3.8, 4) is 5.75 Å². The highest BCUT2D eigenvalue weighted by Crippen LogP contribution is 2.25. The van der Waals surface area contributed by atoms with Gasteiger partial charge in [-0.1, -0.05) is 11.6 Å². The summed E-state index contributed by atoms with van der Waals surface area (Å²) in [6.07, 6.45) is 1.42. The molecule has 0 aliphatic heterocycles. The molecule has 0 aliphatic rings. The van der Waals surface area contributed by atoms with E-state index in [1.54, 1.807) is 12.1 Å². The molecule has 0 spiro atoms. The first-order valence-corrected chi connectivity index (χ1v) is 6.56. The maximum Gasteiger partial charge on any atom is 0.328 e. The molecule has 0 bridgehead atoms. The number of amides is 2. The summed E-state index contributed by atoms with van der Waals surface area (Å²) in [4.78, 5) is 32.8. The number of carboxylic acid groups (broad SMARTS) is 1. The van der Waals surface area contributed by atoms with Crippen LogP contribution in [-0.2, 0) is 14.4 Å². The topological polar surface area (TPSA) is 105 Å². The predicted molar refractivity (Wildman–Crippen MR) is 79.5 cm³/mol. The van der Waals surface area contributed by atoms with E-state index in [2.05, 4.69) is 5.43 Å². The van der Waals surface area contributed by atoms with E-state index in [-0.39, 0.29) is 6.61 Å². The number of rotatable bonds is 5. The largest absolute Gasteiger partial charge is 0.484 e. The molecule has 0 aliphatic carbocycles. The average Bonchev–Trinajstić information content (AvgIpc) is 2.46. The van der Waals surface area contributed by atoms with Crippen LogP contribution in [0, 0.1) is 13.8 Å². The molecular formula is C14H15ClN2O5. The maximum atomic E-state index is 11.5. The van der Waals surface area contributed by atoms with Gasteiger partial charge < -0.3 is 9.84 Å². The van der Waals surface area contributed by atoms with Gasteiger partial charge >= 0.3 is 5.97 Å². The fraction of sp³-hybridized carbons (Fsp3) is 0.214. The van der Waals surface area contributed by atoms with Gasteiger partial charge in [-0.15, -0.1) is 0 Å². The lowest BCUT2D eigenvalue weighted by molar-refractivity contribution is -0.131. The van der Waals surface area contributed by atoms with Gasteiger partial charge in [-0.25, -0.2) is 4.79 Å². The van der Waals surface area contributed by atoms with E-state index >= 15 is 0 Å². The predicted octanol–water partition coefficient (Wildman–Crippen LogP) is 1.12. The molecule has 0 fully saturated rings. The lowest BCUT2D eigenvalue weighted by atomic mass is 10.1. The zero-order valence-electron chi connectivity index (χ0n) is 12.0. The van der Waals surface area contributed by atoms with Gasteiger partial charge in [0, 0.05) is 17.2 Å². The van der Waals surface area contributed by atoms with E-state index in [0.29, 0.717) is 16.8 Å². The molecule has 0 aromatic heterocycles. The van der Waals surface area contributed by atoms with Gasteiger partial charge in [0.15, 0.2) is 6.61 Å². The number of nitrogens with one attached hydrogen (secondary N) is 2. The number of carbonyl (C=O) groups is 3. The van der Waals surface area contributed by atoms with Crippen LogP contribution in [0.1, 0.15) is 11.1 Å². The quantitative estimate of drug-likeness (QED) is 0.555. The average molecular weight is 327 g/mol. The van der Waals surface area contributed by atoms with Crippen LogP contribution < -0.4 is 15.6 Å². The van der Waals surface area contributed by atoms with Crippen LogP contribution in [0.25, 0.3) is 0 Å². The van der Waals surface area contributed by atoms with Gasteiger partial charge in [-0.05, 0) is 37.1 Å². The van der Waals surface area contributed by atoms with Crippen LogP contribution in [-0.4, -0.2) is 29.5 Å². The van der Waals surface area contributed by atoms with Crippen molar-refractivity contribution in [3.63, 3.8) is 0 Å². The highest BCUT2D eigenvalue weighted by Gasteiger charge is 2.07. The molecule has 3 N–H and O–H groups in total. The molecular weight excluding hydrogens is 312 g/mol. The second kappa shape index (κ2) is 8.04. The third kappa shape index (κ3) is 5.84. The zero-order valence-corrected chi connectivity index (χ0v) is 12.7. The van der Waals surface area contributed by atoms with Crippen molar-refractivity contribution in [1.82, 2.24) is 10.9 Å². The highest BCUT2D eigenvalue weighted by atomic mass is 35.5. The monoisotopic (exact) mass is 326 g/mol. The molecule has 1 rings (SSSR count). The molecule has 8 heteroatoms. The summed E-state index contributed by atoms with van der Waals surface area (Å²) in [6, 6.07) is 3.38. The fourth-order valence-corrected chi connectivity index (χ4v) is 1.60. The van der Waals surface area contributed by atoms with Crippen molar-refractivity contribution in [2.75, 3.05) is 6.61 Å². The number of hydrogen-bond donors (Lipinski definition) is 3. The van der Waals surface area contributed by atoms with Crippen LogP contribution >= 0.6 is 11.6 Å². The Morgan fingerprint density at radius 3 is 2.32 bits per heavy atom. The van der Waals surface area contributed by atoms with Gasteiger partial charge in [0.05, 0.1) is 0 Å². The molecule has 1 aromatic rings. The van der Waals surface area contributed by atoms with E-state index in [4.69, 9.17) is 21.4 Å². The number of hydrogen-bond acceptors (Lipinski definition) is 4. The zero-order chi connectivity index (χ0) is 16.7. The number of carboxylic acids is 1. The Kier molecular flexibility index (Phi) is 6.40. The van der Waals surface area contributed by atoms with Crippen molar-refractivity contribution >= 4 is 29.4 Å². The SMILES string of the molecule is Cc1cc(OCC(=O)NNC(=O)/C=C/C(=O)O)cc(C)c1Cl. The minimum absolute atomic E-state index is 0.316. The first-order chi connectivity index (χ1) is 10.3. The minimum atomic E-state index is -1.27. The van der Waals surface area contributed by atoms with Crippen molar-refractivity contribution in [2.45, 2.75) is 13.8 Å². The second-order valence-electron chi connectivity index (χ2n) is 4.37. The first kappa shape index (κ1) is 17.5. The molecule has 0 heterocycles. The Balaban J connectivity index is 2.44. The van der Waals surface area contributed by atoms with Crippen molar-refractivity contribution < 1.29 is 24.2 Å². The van der Waals surface area contributed by atoms with Crippen LogP contribution in [0.4, 0.5) is 0 Å². The van der Waals surface area contributed by atoms with Crippen molar-refractivity contribution in [3.05, 3.63) is 40.4 Å². The number of aliphatic carboxylic acids is 1. The van der Waals surface area contributed by atoms with Crippen molar-refractivity contribution in [2.24, 2.45) is 0 Å². The van der Waals surface area contributed by atoms with E-state index < -0.39 is 17.8 Å². The number of ether oxygens (including phenoxy) is 1. The van der Waals surface area contributed by atoms with Gasteiger partial charge in [-0.2, -0.15) is 0 Å². The molecule has 0 atom stereocenters. The van der Waals surface area contributed by atoms with Gasteiger partial charge in [0.1, 0.15) is 5.75 Å². The molecule has 0 unspecified atom stereocenters. The molecule has 7 nitrogen and oxygen atoms in total. The third-order valence-electron chi connectivity index (χ3n) is 2.48. The molecule has 1 aromatic carbocycles. The van der Waals surface area contributed by atoms with Gasteiger partial charge in [-0.3, -0.25) is 20.4 Å². The lowest BCUT2D eigenvalue weighted by Crippen LogP contribution is -2.43. The van der Waals surface area contributed by atoms with E-state index in [0.717, 1.165) is 17.2 Å². The second-order valence-corrected chi connectivity index (χ2v) is 4.75. The smallest absolute Gasteiger partial charge is 0.328 e. The Morgan fingerprint density at radius 2 is 1.77 bits per heavy atom. The molecule has 0 saturated heterocycles. The molecule has 0 saturated carbocycles. The number of carbonyl (C=O) groups excluding carboxylic acids is 2. The summed E-state index contributed by atoms with van der Waals surface area (Å²) in [5.41, 5.74) is 5.75. The summed E-state index contributed by atoms with van der Waals surface area (Å²) in [7, 11) is 0. The van der Waals surface area contributed by atoms with Crippen LogP contribution in [0.2, 0.25) is 5.02 Å². The Hall–Kier alpha value is -2.54. The third-order valence-corrected chi connectivity index (χ3v) is 3.08.